The molecule has 0 bridgehead atoms. The number of hydrogen-bond donors (Lipinski definition) is 1. The highest BCUT2D eigenvalue weighted by Crippen LogP contribution is 2.32. The standard InChI is InChI=1S/C16H22N2O2S/c19-16(14-2-1-7-17-15(14)21)18-8-3-12(4-9-18)13-5-10-20-11-6-13/h1-2,7,12-13H,3-6,8-11H2,(H,17,21). The summed E-state index contributed by atoms with van der Waals surface area (Å²) in [6.45, 7) is 3.51. The van der Waals surface area contributed by atoms with Crippen molar-refractivity contribution in [2.75, 3.05) is 26.3 Å². The van der Waals surface area contributed by atoms with E-state index in [2.05, 4.69) is 4.98 Å². The number of amides is 1. The van der Waals surface area contributed by atoms with E-state index in [0.29, 0.717) is 10.2 Å². The summed E-state index contributed by atoms with van der Waals surface area (Å²) in [6, 6.07) is 3.64. The predicted octanol–water partition coefficient (Wildman–Crippen LogP) is 3.02. The van der Waals surface area contributed by atoms with Gasteiger partial charge in [-0.2, -0.15) is 0 Å². The van der Waals surface area contributed by atoms with Crippen molar-refractivity contribution in [3.05, 3.63) is 28.5 Å². The van der Waals surface area contributed by atoms with Gasteiger partial charge in [-0.3, -0.25) is 4.79 Å². The highest BCUT2D eigenvalue weighted by Gasteiger charge is 2.30. The molecule has 0 aliphatic carbocycles. The first-order chi connectivity index (χ1) is 10.3. The molecule has 0 saturated carbocycles. The molecule has 0 unspecified atom stereocenters. The smallest absolute Gasteiger partial charge is 0.256 e. The second kappa shape index (κ2) is 6.71. The topological polar surface area (TPSA) is 45.3 Å². The monoisotopic (exact) mass is 306 g/mol. The van der Waals surface area contributed by atoms with Gasteiger partial charge in [-0.1, -0.05) is 12.2 Å². The number of piperidine rings is 1. The summed E-state index contributed by atoms with van der Waals surface area (Å²) in [5.41, 5.74) is 0.622. The minimum absolute atomic E-state index is 0.0716. The van der Waals surface area contributed by atoms with Crippen LogP contribution in [-0.4, -0.2) is 42.1 Å². The van der Waals surface area contributed by atoms with Crippen LogP contribution in [-0.2, 0) is 4.74 Å². The molecule has 0 aromatic carbocycles. The average Bonchev–Trinajstić information content (AvgIpc) is 2.56. The van der Waals surface area contributed by atoms with Gasteiger partial charge in [-0.05, 0) is 49.7 Å². The zero-order valence-electron chi connectivity index (χ0n) is 12.2. The van der Waals surface area contributed by atoms with Crippen molar-refractivity contribution in [3.63, 3.8) is 0 Å². The third-order valence-electron chi connectivity index (χ3n) is 4.81. The van der Waals surface area contributed by atoms with Gasteiger partial charge in [-0.25, -0.2) is 0 Å². The number of aromatic nitrogens is 1. The normalized spacial score (nSPS) is 21.4. The molecule has 2 saturated heterocycles. The van der Waals surface area contributed by atoms with Crippen molar-refractivity contribution in [3.8, 4) is 0 Å². The van der Waals surface area contributed by atoms with Crippen LogP contribution in [0.3, 0.4) is 0 Å². The SMILES string of the molecule is O=C(c1ccc[nH]c1=S)N1CCC(C2CCOCC2)CC1. The van der Waals surface area contributed by atoms with Gasteiger partial charge in [0.05, 0.1) is 5.56 Å². The molecule has 0 spiro atoms. The lowest BCUT2D eigenvalue weighted by Crippen LogP contribution is -2.41. The molecule has 21 heavy (non-hydrogen) atoms. The lowest BCUT2D eigenvalue weighted by Gasteiger charge is -2.37. The molecule has 2 aliphatic heterocycles. The molecule has 1 amide bonds. The first kappa shape index (κ1) is 14.7. The van der Waals surface area contributed by atoms with E-state index in [1.165, 1.54) is 12.8 Å². The van der Waals surface area contributed by atoms with Crippen LogP contribution in [0.5, 0.6) is 0 Å². The Morgan fingerprint density at radius 2 is 1.86 bits per heavy atom. The lowest BCUT2D eigenvalue weighted by atomic mass is 9.80. The van der Waals surface area contributed by atoms with Gasteiger partial charge in [0, 0.05) is 32.5 Å². The summed E-state index contributed by atoms with van der Waals surface area (Å²) >= 11 is 5.21. The van der Waals surface area contributed by atoms with Crippen LogP contribution in [0.2, 0.25) is 0 Å². The van der Waals surface area contributed by atoms with E-state index in [1.807, 2.05) is 17.0 Å². The fourth-order valence-electron chi connectivity index (χ4n) is 3.52. The number of hydrogen-bond acceptors (Lipinski definition) is 3. The number of nitrogens with zero attached hydrogens (tertiary/aromatic N) is 1. The highest BCUT2D eigenvalue weighted by molar-refractivity contribution is 7.71. The molecule has 3 rings (SSSR count). The molecular weight excluding hydrogens is 284 g/mol. The van der Waals surface area contributed by atoms with Crippen LogP contribution in [0.15, 0.2) is 18.3 Å². The Morgan fingerprint density at radius 3 is 2.52 bits per heavy atom. The summed E-state index contributed by atoms with van der Waals surface area (Å²) in [5, 5.41) is 0. The van der Waals surface area contributed by atoms with Gasteiger partial charge in [0.2, 0.25) is 0 Å². The van der Waals surface area contributed by atoms with E-state index in [0.717, 1.165) is 51.0 Å². The maximum absolute atomic E-state index is 12.5. The molecule has 1 aromatic rings. The lowest BCUT2D eigenvalue weighted by molar-refractivity contribution is 0.0288. The third-order valence-corrected chi connectivity index (χ3v) is 5.15. The van der Waals surface area contributed by atoms with Gasteiger partial charge < -0.3 is 14.6 Å². The van der Waals surface area contributed by atoms with E-state index >= 15 is 0 Å². The van der Waals surface area contributed by atoms with Crippen molar-refractivity contribution >= 4 is 18.1 Å². The van der Waals surface area contributed by atoms with Crippen molar-refractivity contribution < 1.29 is 9.53 Å². The Balaban J connectivity index is 1.59. The third kappa shape index (κ3) is 3.35. The van der Waals surface area contributed by atoms with Crippen LogP contribution < -0.4 is 0 Å². The largest absolute Gasteiger partial charge is 0.381 e. The molecule has 1 N–H and O–H groups in total. The van der Waals surface area contributed by atoms with Crippen molar-refractivity contribution in [1.29, 1.82) is 0 Å². The fourth-order valence-corrected chi connectivity index (χ4v) is 3.74. The van der Waals surface area contributed by atoms with E-state index in [9.17, 15) is 4.79 Å². The van der Waals surface area contributed by atoms with Gasteiger partial charge >= 0.3 is 0 Å². The Bertz CT molecular complexity index is 543. The number of H-pyrrole nitrogens is 1. The number of aromatic amines is 1. The number of carbonyl (C=O) groups is 1. The second-order valence-electron chi connectivity index (χ2n) is 5.99. The van der Waals surface area contributed by atoms with Crippen LogP contribution in [0.25, 0.3) is 0 Å². The van der Waals surface area contributed by atoms with E-state index in [1.54, 1.807) is 6.20 Å². The number of ether oxygens (including phenoxy) is 1. The molecule has 0 radical (unpaired) electrons. The Morgan fingerprint density at radius 1 is 1.19 bits per heavy atom. The molecule has 2 aliphatic rings. The van der Waals surface area contributed by atoms with Crippen LogP contribution in [0.1, 0.15) is 36.0 Å². The maximum atomic E-state index is 12.5. The first-order valence-corrected chi connectivity index (χ1v) is 8.21. The summed E-state index contributed by atoms with van der Waals surface area (Å²) in [6.07, 6.45) is 6.35. The molecule has 114 valence electrons. The highest BCUT2D eigenvalue weighted by atomic mass is 32.1. The number of carbonyl (C=O) groups excluding carboxylic acids is 1. The number of nitrogens with one attached hydrogen (secondary N) is 1. The van der Waals surface area contributed by atoms with Crippen LogP contribution >= 0.6 is 12.2 Å². The number of rotatable bonds is 2. The van der Waals surface area contributed by atoms with Crippen LogP contribution in [0, 0.1) is 16.5 Å². The Labute approximate surface area is 130 Å². The van der Waals surface area contributed by atoms with E-state index in [4.69, 9.17) is 17.0 Å². The van der Waals surface area contributed by atoms with Gasteiger partial charge in [0.15, 0.2) is 0 Å². The molecular formula is C16H22N2O2S. The molecule has 4 nitrogen and oxygen atoms in total. The van der Waals surface area contributed by atoms with Gasteiger partial charge in [0.25, 0.3) is 5.91 Å². The predicted molar refractivity (Wildman–Crippen MR) is 83.8 cm³/mol. The zero-order valence-corrected chi connectivity index (χ0v) is 13.0. The quantitative estimate of drug-likeness (QED) is 0.854. The first-order valence-electron chi connectivity index (χ1n) is 7.80. The molecule has 5 heteroatoms. The average molecular weight is 306 g/mol. The zero-order chi connectivity index (χ0) is 14.7. The van der Waals surface area contributed by atoms with E-state index < -0.39 is 0 Å². The summed E-state index contributed by atoms with van der Waals surface area (Å²) in [5.74, 6) is 1.61. The van der Waals surface area contributed by atoms with E-state index in [-0.39, 0.29) is 5.91 Å². The molecule has 3 heterocycles. The minimum atomic E-state index is 0.0716. The number of pyridine rings is 1. The van der Waals surface area contributed by atoms with Gasteiger partial charge in [0.1, 0.15) is 4.64 Å². The summed E-state index contributed by atoms with van der Waals surface area (Å²) in [4.78, 5) is 17.4. The molecule has 2 fully saturated rings. The van der Waals surface area contributed by atoms with Crippen molar-refractivity contribution in [2.24, 2.45) is 11.8 Å². The maximum Gasteiger partial charge on any atom is 0.256 e. The van der Waals surface area contributed by atoms with Crippen molar-refractivity contribution in [2.45, 2.75) is 25.7 Å². The Hall–Kier alpha value is -1.20. The summed E-state index contributed by atoms with van der Waals surface area (Å²) < 4.78 is 5.98. The fraction of sp³-hybridized carbons (Fsp3) is 0.625. The minimum Gasteiger partial charge on any atom is -0.381 e. The number of likely N-dealkylation sites (tertiary alicyclic amines) is 1. The van der Waals surface area contributed by atoms with Crippen LogP contribution in [0.4, 0.5) is 0 Å². The summed E-state index contributed by atoms with van der Waals surface area (Å²) in [7, 11) is 0. The molecule has 0 atom stereocenters. The van der Waals surface area contributed by atoms with Gasteiger partial charge in [-0.15, -0.1) is 0 Å². The second-order valence-corrected chi connectivity index (χ2v) is 6.40. The molecule has 1 aromatic heterocycles. The van der Waals surface area contributed by atoms with Crippen molar-refractivity contribution in [1.82, 2.24) is 9.88 Å². The Kier molecular flexibility index (Phi) is 4.70.